The molecule has 32 heavy (non-hydrogen) atoms. The van der Waals surface area contributed by atoms with E-state index in [4.69, 9.17) is 11.6 Å². The number of nitrogens with zero attached hydrogens (tertiary/aromatic N) is 4. The lowest BCUT2D eigenvalue weighted by Gasteiger charge is -2.02. The second-order valence-electron chi connectivity index (χ2n) is 8.49. The summed E-state index contributed by atoms with van der Waals surface area (Å²) in [4.78, 5) is 17.2. The molecule has 3 aromatic heterocycles. The lowest BCUT2D eigenvalue weighted by atomic mass is 10.1. The van der Waals surface area contributed by atoms with E-state index >= 15 is 0 Å². The van der Waals surface area contributed by atoms with Crippen LogP contribution in [0, 0.1) is 5.92 Å². The first-order chi connectivity index (χ1) is 15.6. The maximum atomic E-state index is 12.6. The number of anilines is 2. The van der Waals surface area contributed by atoms with Gasteiger partial charge in [0.2, 0.25) is 16.2 Å². The van der Waals surface area contributed by atoms with Crippen LogP contribution in [0.25, 0.3) is 5.65 Å². The third-order valence-corrected chi connectivity index (χ3v) is 7.08. The number of hydrogen-bond acceptors (Lipinski definition) is 6. The van der Waals surface area contributed by atoms with Crippen LogP contribution in [0.5, 0.6) is 0 Å². The number of carbonyl (C=O) groups excluding carboxylic acids is 1. The molecule has 2 N–H and O–H groups in total. The average Bonchev–Trinajstić information content (AvgIpc) is 3.70. The highest BCUT2D eigenvalue weighted by atomic mass is 35.5. The summed E-state index contributed by atoms with van der Waals surface area (Å²) in [6, 6.07) is 12.0. The van der Waals surface area contributed by atoms with E-state index in [0.717, 1.165) is 29.2 Å². The topological polar surface area (TPSA) is 84.2 Å². The molecule has 0 unspecified atom stereocenters. The largest absolute Gasteiger partial charge is 0.354 e. The predicted octanol–water partition coefficient (Wildman–Crippen LogP) is 5.07. The number of imidazole rings is 1. The minimum atomic E-state index is -0.0488. The van der Waals surface area contributed by atoms with Gasteiger partial charge in [-0.15, -0.1) is 10.2 Å². The van der Waals surface area contributed by atoms with Crippen molar-refractivity contribution in [2.24, 2.45) is 5.92 Å². The molecule has 0 aliphatic heterocycles. The SMILES string of the molecule is O=C(Nc1nnc(NCc2cn3cc(C4CC4)ccc3n2)s1)[C@H]1C[C@@H]1c1cccc(Cl)c1. The van der Waals surface area contributed by atoms with Gasteiger partial charge in [0.15, 0.2) is 0 Å². The lowest BCUT2D eigenvalue weighted by molar-refractivity contribution is -0.117. The fourth-order valence-electron chi connectivity index (χ4n) is 4.10. The van der Waals surface area contributed by atoms with Crippen molar-refractivity contribution in [3.05, 3.63) is 70.6 Å². The van der Waals surface area contributed by atoms with Crippen molar-refractivity contribution in [3.63, 3.8) is 0 Å². The second-order valence-corrected chi connectivity index (χ2v) is 9.91. The molecule has 7 nitrogen and oxygen atoms in total. The Morgan fingerprint density at radius 1 is 1.12 bits per heavy atom. The molecule has 2 aliphatic rings. The molecule has 2 atom stereocenters. The molecule has 3 heterocycles. The van der Waals surface area contributed by atoms with Crippen LogP contribution in [-0.2, 0) is 11.3 Å². The van der Waals surface area contributed by atoms with Crippen molar-refractivity contribution in [2.75, 3.05) is 10.6 Å². The van der Waals surface area contributed by atoms with Crippen LogP contribution in [0.15, 0.2) is 48.8 Å². The molecular formula is C23H21ClN6OS. The van der Waals surface area contributed by atoms with Crippen molar-refractivity contribution >= 4 is 44.8 Å². The van der Waals surface area contributed by atoms with Crippen LogP contribution in [0.2, 0.25) is 5.02 Å². The third kappa shape index (κ3) is 4.08. The van der Waals surface area contributed by atoms with Crippen molar-refractivity contribution in [2.45, 2.75) is 37.6 Å². The first-order valence-corrected chi connectivity index (χ1v) is 11.9. The van der Waals surface area contributed by atoms with Gasteiger partial charge in [0.25, 0.3) is 0 Å². The molecule has 0 spiro atoms. The number of nitrogens with one attached hydrogen (secondary N) is 2. The van der Waals surface area contributed by atoms with Gasteiger partial charge in [-0.05, 0) is 60.4 Å². The molecule has 1 amide bonds. The summed E-state index contributed by atoms with van der Waals surface area (Å²) in [5.74, 6) is 0.862. The Bertz CT molecular complexity index is 1310. The molecule has 1 aromatic carbocycles. The molecule has 2 saturated carbocycles. The number of benzene rings is 1. The number of amides is 1. The Labute approximate surface area is 193 Å². The van der Waals surface area contributed by atoms with Gasteiger partial charge in [-0.1, -0.05) is 41.1 Å². The fourth-order valence-corrected chi connectivity index (χ4v) is 4.95. The highest BCUT2D eigenvalue weighted by molar-refractivity contribution is 7.19. The molecular weight excluding hydrogens is 444 g/mol. The molecule has 9 heteroatoms. The summed E-state index contributed by atoms with van der Waals surface area (Å²) in [5.41, 5.74) is 4.36. The maximum Gasteiger partial charge on any atom is 0.229 e. The van der Waals surface area contributed by atoms with E-state index in [2.05, 4.69) is 48.5 Å². The first-order valence-electron chi connectivity index (χ1n) is 10.7. The van der Waals surface area contributed by atoms with E-state index in [1.807, 2.05) is 30.5 Å². The van der Waals surface area contributed by atoms with Crippen LogP contribution in [0.1, 0.15) is 47.9 Å². The fraction of sp³-hybridized carbons (Fsp3) is 0.304. The highest BCUT2D eigenvalue weighted by Gasteiger charge is 2.44. The zero-order chi connectivity index (χ0) is 21.7. The van der Waals surface area contributed by atoms with E-state index in [1.165, 1.54) is 29.7 Å². The molecule has 0 bridgehead atoms. The van der Waals surface area contributed by atoms with E-state index in [0.29, 0.717) is 21.8 Å². The van der Waals surface area contributed by atoms with Gasteiger partial charge in [-0.25, -0.2) is 4.98 Å². The van der Waals surface area contributed by atoms with Gasteiger partial charge in [-0.3, -0.25) is 4.79 Å². The summed E-state index contributed by atoms with van der Waals surface area (Å²) >= 11 is 7.39. The number of pyridine rings is 1. The Hall–Kier alpha value is -2.97. The molecule has 162 valence electrons. The first kappa shape index (κ1) is 19.7. The zero-order valence-corrected chi connectivity index (χ0v) is 18.7. The molecule has 6 rings (SSSR count). The van der Waals surface area contributed by atoms with Gasteiger partial charge < -0.3 is 15.0 Å². The van der Waals surface area contributed by atoms with Gasteiger partial charge in [0, 0.05) is 23.3 Å². The molecule has 4 aromatic rings. The summed E-state index contributed by atoms with van der Waals surface area (Å²) < 4.78 is 2.09. The number of rotatable bonds is 7. The smallest absolute Gasteiger partial charge is 0.229 e. The van der Waals surface area contributed by atoms with Crippen LogP contribution in [-0.4, -0.2) is 25.5 Å². The van der Waals surface area contributed by atoms with Crippen molar-refractivity contribution in [1.29, 1.82) is 0 Å². The van der Waals surface area contributed by atoms with Crippen molar-refractivity contribution < 1.29 is 4.79 Å². The Balaban J connectivity index is 1.05. The number of aromatic nitrogens is 4. The van der Waals surface area contributed by atoms with Crippen LogP contribution >= 0.6 is 22.9 Å². The minimum Gasteiger partial charge on any atom is -0.354 e. The molecule has 2 fully saturated rings. The van der Waals surface area contributed by atoms with E-state index in [1.54, 1.807) is 0 Å². The summed E-state index contributed by atoms with van der Waals surface area (Å²) in [6.45, 7) is 0.544. The zero-order valence-electron chi connectivity index (χ0n) is 17.2. The van der Waals surface area contributed by atoms with Gasteiger partial charge >= 0.3 is 0 Å². The minimum absolute atomic E-state index is 0.0236. The molecule has 0 radical (unpaired) electrons. The Morgan fingerprint density at radius 2 is 2.00 bits per heavy atom. The summed E-state index contributed by atoms with van der Waals surface area (Å²) in [5, 5.41) is 16.2. The van der Waals surface area contributed by atoms with E-state index in [-0.39, 0.29) is 17.7 Å². The molecule has 2 aliphatic carbocycles. The summed E-state index contributed by atoms with van der Waals surface area (Å²) in [7, 11) is 0. The van der Waals surface area contributed by atoms with Crippen molar-refractivity contribution in [3.8, 4) is 0 Å². The highest BCUT2D eigenvalue weighted by Crippen LogP contribution is 2.48. The van der Waals surface area contributed by atoms with Crippen LogP contribution < -0.4 is 10.6 Å². The lowest BCUT2D eigenvalue weighted by Crippen LogP contribution is -2.14. The quantitative estimate of drug-likeness (QED) is 0.399. The second kappa shape index (κ2) is 7.86. The van der Waals surface area contributed by atoms with Gasteiger partial charge in [0.05, 0.1) is 12.2 Å². The number of halogens is 1. The summed E-state index contributed by atoms with van der Waals surface area (Å²) in [6.07, 6.45) is 7.61. The van der Waals surface area contributed by atoms with Crippen LogP contribution in [0.4, 0.5) is 10.3 Å². The number of carbonyl (C=O) groups is 1. The van der Waals surface area contributed by atoms with Crippen molar-refractivity contribution in [1.82, 2.24) is 19.6 Å². The predicted molar refractivity (Wildman–Crippen MR) is 125 cm³/mol. The number of fused-ring (bicyclic) bond motifs is 1. The average molecular weight is 465 g/mol. The third-order valence-electron chi connectivity index (χ3n) is 6.05. The maximum absolute atomic E-state index is 12.6. The monoisotopic (exact) mass is 464 g/mol. The van der Waals surface area contributed by atoms with E-state index < -0.39 is 0 Å². The number of hydrogen-bond donors (Lipinski definition) is 2. The Morgan fingerprint density at radius 3 is 2.84 bits per heavy atom. The normalized spacial score (nSPS) is 19.8. The van der Waals surface area contributed by atoms with Crippen LogP contribution in [0.3, 0.4) is 0 Å². The Kier molecular flexibility index (Phi) is 4.84. The molecule has 0 saturated heterocycles. The standard InChI is InChI=1S/C23H21ClN6OS/c24-16-3-1-2-14(8-16)18-9-19(18)21(31)27-23-29-28-22(32-23)25-10-17-12-30-11-15(13-4-5-13)6-7-20(30)26-17/h1-3,6-8,11-13,18-19H,4-5,9-10H2,(H,25,28)(H,27,29,31)/t18-,19+/m1/s1. The van der Waals surface area contributed by atoms with E-state index in [9.17, 15) is 4.79 Å². The van der Waals surface area contributed by atoms with Gasteiger partial charge in [0.1, 0.15) is 5.65 Å². The van der Waals surface area contributed by atoms with Gasteiger partial charge in [-0.2, -0.15) is 0 Å².